The van der Waals surface area contributed by atoms with E-state index in [0.29, 0.717) is 13.0 Å². The van der Waals surface area contributed by atoms with E-state index in [-0.39, 0.29) is 31.3 Å². The van der Waals surface area contributed by atoms with Crippen molar-refractivity contribution in [1.29, 1.82) is 0 Å². The van der Waals surface area contributed by atoms with Crippen molar-refractivity contribution >= 4 is 39.2 Å². The number of rotatable bonds is 26. The summed E-state index contributed by atoms with van der Waals surface area (Å²) in [5.41, 5.74) is 0. The predicted molar refractivity (Wildman–Crippen MR) is 201 cm³/mol. The Morgan fingerprint density at radius 3 is 1.30 bits per heavy atom. The van der Waals surface area contributed by atoms with Gasteiger partial charge in [0, 0.05) is 6.42 Å². The first-order valence-corrected chi connectivity index (χ1v) is 29.2. The van der Waals surface area contributed by atoms with Crippen molar-refractivity contribution in [2.75, 3.05) is 13.2 Å². The zero-order valence-electron chi connectivity index (χ0n) is 32.0. The average molecular weight is 723 g/mol. The Labute approximate surface area is 287 Å². The van der Waals surface area contributed by atoms with E-state index in [2.05, 4.69) is 83.1 Å². The molecule has 3 unspecified atom stereocenters. The highest BCUT2D eigenvalue weighted by Crippen LogP contribution is 2.40. The van der Waals surface area contributed by atoms with Crippen LogP contribution in [0.2, 0.25) is 72.5 Å². The maximum absolute atomic E-state index is 11.4. The zero-order chi connectivity index (χ0) is 35.0. The van der Waals surface area contributed by atoms with Crippen LogP contribution in [-0.4, -0.2) is 88.3 Å². The molecule has 1 aliphatic rings. The minimum Gasteiger partial charge on any atom is -0.481 e. The van der Waals surface area contributed by atoms with Gasteiger partial charge in [0.05, 0.1) is 13.2 Å². The molecule has 46 heavy (non-hydrogen) atoms. The van der Waals surface area contributed by atoms with Gasteiger partial charge in [0.2, 0.25) is 0 Å². The van der Waals surface area contributed by atoms with Crippen LogP contribution in [0.3, 0.4) is 0 Å². The van der Waals surface area contributed by atoms with E-state index in [9.17, 15) is 9.90 Å². The third kappa shape index (κ3) is 11.6. The van der Waals surface area contributed by atoms with Crippen LogP contribution in [0, 0.1) is 0 Å². The number of aliphatic carboxylic acids is 1. The first kappa shape index (κ1) is 44.1. The van der Waals surface area contributed by atoms with Crippen LogP contribution < -0.4 is 0 Å². The number of ether oxygens (including phenoxy) is 2. The Morgan fingerprint density at radius 2 is 0.935 bits per heavy atom. The second-order valence-corrected chi connectivity index (χ2v) is 32.4. The summed E-state index contributed by atoms with van der Waals surface area (Å²) in [5.74, 6) is -0.819. The number of carboxylic acids is 1. The van der Waals surface area contributed by atoms with Crippen molar-refractivity contribution in [3.8, 4) is 0 Å². The minimum absolute atomic E-state index is 0.0563. The number of carboxylic acid groups (broad SMARTS) is 1. The van der Waals surface area contributed by atoms with Crippen molar-refractivity contribution in [2.24, 2.45) is 0 Å². The summed E-state index contributed by atoms with van der Waals surface area (Å²) in [6.45, 7) is 28.0. The van der Waals surface area contributed by atoms with Crippen LogP contribution in [0.5, 0.6) is 0 Å². The second-order valence-electron chi connectivity index (χ2n) is 13.4. The van der Waals surface area contributed by atoms with Gasteiger partial charge in [-0.2, -0.15) is 0 Å². The topological polar surface area (TPSA) is 92.7 Å². The Hall–Kier alpha value is 0.0975. The molecule has 1 heterocycles. The van der Waals surface area contributed by atoms with E-state index in [1.807, 2.05) is 0 Å². The summed E-state index contributed by atoms with van der Waals surface area (Å²) in [5, 5.41) is 9.33. The van der Waals surface area contributed by atoms with Crippen molar-refractivity contribution in [3.63, 3.8) is 0 Å². The first-order valence-electron chi connectivity index (χ1n) is 19.1. The lowest BCUT2D eigenvalue weighted by molar-refractivity contribution is -0.291. The molecule has 0 saturated carbocycles. The van der Waals surface area contributed by atoms with Crippen LogP contribution in [0.25, 0.3) is 0 Å². The molecular formula is C34H74O8Si4. The van der Waals surface area contributed by atoms with Crippen molar-refractivity contribution in [2.45, 2.75) is 199 Å². The lowest BCUT2D eigenvalue weighted by Crippen LogP contribution is -2.68. The molecule has 8 nitrogen and oxygen atoms in total. The molecule has 1 saturated heterocycles. The molecule has 274 valence electrons. The van der Waals surface area contributed by atoms with Crippen LogP contribution in [0.1, 0.15) is 95.9 Å². The summed E-state index contributed by atoms with van der Waals surface area (Å²) in [7, 11) is -8.33. The molecule has 0 aromatic heterocycles. The van der Waals surface area contributed by atoms with E-state index in [4.69, 9.17) is 27.2 Å². The second kappa shape index (κ2) is 21.3. The Morgan fingerprint density at radius 1 is 0.565 bits per heavy atom. The Balaban J connectivity index is 3.93. The van der Waals surface area contributed by atoms with Crippen LogP contribution in [-0.2, 0) is 32.0 Å². The normalized spacial score (nSPS) is 23.2. The molecule has 0 aromatic rings. The number of carbonyl (C=O) groups is 1. The smallest absolute Gasteiger partial charge is 0.303 e. The molecule has 1 N–H and O–H groups in total. The summed E-state index contributed by atoms with van der Waals surface area (Å²) in [6, 6.07) is 12.4. The van der Waals surface area contributed by atoms with E-state index in [1.165, 1.54) is 0 Å². The summed E-state index contributed by atoms with van der Waals surface area (Å²) >= 11 is 0. The highest BCUT2D eigenvalue weighted by molar-refractivity contribution is 6.75. The lowest BCUT2D eigenvalue weighted by Gasteiger charge is -2.53. The summed E-state index contributed by atoms with van der Waals surface area (Å²) in [6.07, 6.45) is -1.67. The Bertz CT molecular complexity index is 801. The standard InChI is InChI=1S/C34H74O8Si4/c1-13-43(14-2,15-3)38-28-29-31(40-44(16-4,17-5)18-6)32(41-45(19-7,20-8)21-9)33(42-46(22-10,23-11)24-12)34(39-29)37-27-25-26-30(35)36/h29,31-34H,13-28H2,1-12H3,(H,35,36)/t29?,31-,32?,33?,34-/m1/s1. The van der Waals surface area contributed by atoms with Gasteiger partial charge < -0.3 is 32.3 Å². The van der Waals surface area contributed by atoms with Crippen LogP contribution in [0.15, 0.2) is 0 Å². The maximum atomic E-state index is 11.4. The molecular weight excluding hydrogens is 649 g/mol. The van der Waals surface area contributed by atoms with Gasteiger partial charge in [-0.1, -0.05) is 83.1 Å². The molecule has 0 radical (unpaired) electrons. The molecule has 0 bridgehead atoms. The fourth-order valence-corrected chi connectivity index (χ4v) is 18.3. The average Bonchev–Trinajstić information content (AvgIpc) is 3.09. The zero-order valence-corrected chi connectivity index (χ0v) is 36.0. The summed E-state index contributed by atoms with van der Waals surface area (Å²) < 4.78 is 42.9. The number of hydrogen-bond acceptors (Lipinski definition) is 7. The third-order valence-corrected chi connectivity index (χ3v) is 30.4. The lowest BCUT2D eigenvalue weighted by atomic mass is 9.99. The summed E-state index contributed by atoms with van der Waals surface area (Å²) in [4.78, 5) is 11.4. The molecule has 0 amide bonds. The van der Waals surface area contributed by atoms with Crippen molar-refractivity contribution in [3.05, 3.63) is 0 Å². The van der Waals surface area contributed by atoms with Crippen LogP contribution >= 0.6 is 0 Å². The predicted octanol–water partition coefficient (Wildman–Crippen LogP) is 9.79. The van der Waals surface area contributed by atoms with E-state index in [0.717, 1.165) is 72.5 Å². The van der Waals surface area contributed by atoms with Gasteiger partial charge in [0.25, 0.3) is 0 Å². The molecule has 0 spiro atoms. The largest absolute Gasteiger partial charge is 0.481 e. The first-order chi connectivity index (χ1) is 21.9. The molecule has 1 rings (SSSR count). The SMILES string of the molecule is CC[Si](CC)(CC)OCC1O[C@@H](OCCCC(=O)O)C(O[Si](CC)(CC)CC)C(O[Si](CC)(CC)CC)[C@@H]1O[Si](CC)(CC)CC. The van der Waals surface area contributed by atoms with Gasteiger partial charge in [0.15, 0.2) is 39.6 Å². The molecule has 1 aliphatic heterocycles. The van der Waals surface area contributed by atoms with E-state index in [1.54, 1.807) is 0 Å². The molecule has 1 fully saturated rings. The third-order valence-electron chi connectivity index (χ3n) is 11.9. The van der Waals surface area contributed by atoms with Crippen molar-refractivity contribution < 1.29 is 37.1 Å². The molecule has 0 aromatic carbocycles. The monoisotopic (exact) mass is 722 g/mol. The fraction of sp³-hybridized carbons (Fsp3) is 0.971. The van der Waals surface area contributed by atoms with E-state index < -0.39 is 51.6 Å². The van der Waals surface area contributed by atoms with Gasteiger partial charge in [-0.15, -0.1) is 0 Å². The van der Waals surface area contributed by atoms with Crippen LogP contribution in [0.4, 0.5) is 0 Å². The minimum atomic E-state index is -2.15. The highest BCUT2D eigenvalue weighted by Gasteiger charge is 2.55. The quantitative estimate of drug-likeness (QED) is 0.0697. The van der Waals surface area contributed by atoms with E-state index >= 15 is 0 Å². The van der Waals surface area contributed by atoms with Crippen molar-refractivity contribution in [1.82, 2.24) is 0 Å². The molecule has 0 aliphatic carbocycles. The van der Waals surface area contributed by atoms with Gasteiger partial charge in [-0.25, -0.2) is 0 Å². The molecule has 12 heteroatoms. The maximum Gasteiger partial charge on any atom is 0.303 e. The molecule has 5 atom stereocenters. The number of hydrogen-bond donors (Lipinski definition) is 1. The fourth-order valence-electron chi connectivity index (χ4n) is 7.15. The van der Waals surface area contributed by atoms with Gasteiger partial charge in [0.1, 0.15) is 24.4 Å². The van der Waals surface area contributed by atoms with Gasteiger partial charge in [-0.3, -0.25) is 4.79 Å². The highest BCUT2D eigenvalue weighted by atomic mass is 28.4. The van der Waals surface area contributed by atoms with Gasteiger partial charge >= 0.3 is 5.97 Å². The van der Waals surface area contributed by atoms with Gasteiger partial charge in [-0.05, 0) is 78.9 Å². The Kier molecular flexibility index (Phi) is 20.5.